The van der Waals surface area contributed by atoms with E-state index in [4.69, 9.17) is 0 Å². The van der Waals surface area contributed by atoms with Crippen molar-refractivity contribution in [3.63, 3.8) is 0 Å². The van der Waals surface area contributed by atoms with Crippen molar-refractivity contribution in [2.45, 2.75) is 84.3 Å². The first-order chi connectivity index (χ1) is 18.8. The number of benzene rings is 2. The maximum atomic E-state index is 13.4. The fourth-order valence-corrected chi connectivity index (χ4v) is 5.25. The molecular weight excluding hydrogens is 488 g/mol. The van der Waals surface area contributed by atoms with E-state index in [2.05, 4.69) is 61.6 Å². The van der Waals surface area contributed by atoms with Crippen molar-refractivity contribution in [3.8, 4) is 11.1 Å². The van der Waals surface area contributed by atoms with Crippen LogP contribution < -0.4 is 5.32 Å². The highest BCUT2D eigenvalue weighted by atomic mass is 16.2. The quantitative estimate of drug-likeness (QED) is 0.346. The molecule has 1 unspecified atom stereocenters. The highest BCUT2D eigenvalue weighted by Gasteiger charge is 2.41. The van der Waals surface area contributed by atoms with Gasteiger partial charge >= 0.3 is 6.03 Å². The van der Waals surface area contributed by atoms with Gasteiger partial charge in [-0.25, -0.2) is 4.79 Å². The minimum Gasteiger partial charge on any atom is -0.341 e. The summed E-state index contributed by atoms with van der Waals surface area (Å²) in [5, 5.41) is 2.74. The molecule has 7 nitrogen and oxygen atoms in total. The van der Waals surface area contributed by atoms with Gasteiger partial charge < -0.3 is 20.0 Å². The number of carbonyl (C=O) groups excluding carboxylic acids is 3. The SMILES string of the molecule is CCCCCCN1C(=O)C(Cc2ccc(-c3cccc(CN(CCCC)C(=O)NC)c3)cc2)N(C)C(=O)[C@@H]1C. The van der Waals surface area contributed by atoms with Crippen LogP contribution in [0.1, 0.15) is 70.4 Å². The summed E-state index contributed by atoms with van der Waals surface area (Å²) in [7, 11) is 3.41. The van der Waals surface area contributed by atoms with E-state index in [0.29, 0.717) is 19.5 Å². The summed E-state index contributed by atoms with van der Waals surface area (Å²) in [6.07, 6.45) is 6.79. The number of rotatable bonds is 13. The molecule has 0 radical (unpaired) electrons. The van der Waals surface area contributed by atoms with Crippen molar-refractivity contribution in [2.75, 3.05) is 27.2 Å². The Kier molecular flexibility index (Phi) is 11.4. The van der Waals surface area contributed by atoms with Gasteiger partial charge in [0.1, 0.15) is 12.1 Å². The predicted molar refractivity (Wildman–Crippen MR) is 157 cm³/mol. The van der Waals surface area contributed by atoms with Gasteiger partial charge in [-0.1, -0.05) is 82.0 Å². The standard InChI is InChI=1S/C32H46N4O3/c1-6-8-10-11-20-36-24(3)30(37)34(5)29(31(36)38)22-25-15-17-27(18-16-25)28-14-12-13-26(21-28)23-35(19-9-7-2)32(39)33-4/h12-18,21,24,29H,6-11,19-20,22-23H2,1-5H3,(H,33,39)/t24-,29?/m0/s1. The Balaban J connectivity index is 1.70. The van der Waals surface area contributed by atoms with Crippen LogP contribution in [0.2, 0.25) is 0 Å². The summed E-state index contributed by atoms with van der Waals surface area (Å²) in [6, 6.07) is 15.6. The van der Waals surface area contributed by atoms with Gasteiger partial charge in [-0.15, -0.1) is 0 Å². The van der Waals surface area contributed by atoms with E-state index in [1.165, 1.54) is 0 Å². The summed E-state index contributed by atoms with van der Waals surface area (Å²) in [4.78, 5) is 43.9. The van der Waals surface area contributed by atoms with Crippen molar-refractivity contribution >= 4 is 17.8 Å². The molecule has 1 aliphatic heterocycles. The number of nitrogens with zero attached hydrogens (tertiary/aromatic N) is 3. The highest BCUT2D eigenvalue weighted by Crippen LogP contribution is 2.25. The second-order valence-electron chi connectivity index (χ2n) is 10.7. The molecular formula is C32H46N4O3. The van der Waals surface area contributed by atoms with E-state index in [1.54, 1.807) is 23.9 Å². The molecule has 2 atom stereocenters. The van der Waals surface area contributed by atoms with Crippen LogP contribution in [-0.2, 0) is 22.6 Å². The molecule has 1 heterocycles. The molecule has 1 aliphatic rings. The van der Waals surface area contributed by atoms with Gasteiger partial charge in [-0.2, -0.15) is 0 Å². The number of likely N-dealkylation sites (N-methyl/N-ethyl adjacent to an activating group) is 1. The van der Waals surface area contributed by atoms with Gasteiger partial charge in [-0.05, 0) is 48.1 Å². The smallest absolute Gasteiger partial charge is 0.317 e. The lowest BCUT2D eigenvalue weighted by molar-refractivity contribution is -0.159. The lowest BCUT2D eigenvalue weighted by Crippen LogP contribution is -2.63. The van der Waals surface area contributed by atoms with Crippen molar-refractivity contribution in [3.05, 3.63) is 59.7 Å². The number of hydrogen-bond acceptors (Lipinski definition) is 3. The van der Waals surface area contributed by atoms with E-state index in [1.807, 2.05) is 17.9 Å². The topological polar surface area (TPSA) is 73.0 Å². The molecule has 0 spiro atoms. The third-order valence-corrected chi connectivity index (χ3v) is 7.76. The number of hydrogen-bond donors (Lipinski definition) is 1. The molecule has 2 aromatic carbocycles. The second kappa shape index (κ2) is 14.7. The van der Waals surface area contributed by atoms with Gasteiger partial charge in [0.2, 0.25) is 11.8 Å². The summed E-state index contributed by atoms with van der Waals surface area (Å²) in [5.74, 6) is 0.0508. The third kappa shape index (κ3) is 7.84. The fraction of sp³-hybridized carbons (Fsp3) is 0.531. The van der Waals surface area contributed by atoms with Crippen molar-refractivity contribution in [1.82, 2.24) is 20.0 Å². The number of carbonyl (C=O) groups is 3. The van der Waals surface area contributed by atoms with Crippen molar-refractivity contribution < 1.29 is 14.4 Å². The molecule has 3 rings (SSSR count). The zero-order valence-corrected chi connectivity index (χ0v) is 24.4. The Morgan fingerprint density at radius 3 is 2.28 bits per heavy atom. The molecule has 0 saturated carbocycles. The maximum absolute atomic E-state index is 13.4. The van der Waals surface area contributed by atoms with E-state index in [9.17, 15) is 14.4 Å². The van der Waals surface area contributed by atoms with Crippen molar-refractivity contribution in [1.29, 1.82) is 0 Å². The fourth-order valence-electron chi connectivity index (χ4n) is 5.25. The molecule has 1 N–H and O–H groups in total. The Morgan fingerprint density at radius 1 is 0.897 bits per heavy atom. The largest absolute Gasteiger partial charge is 0.341 e. The number of urea groups is 1. The van der Waals surface area contributed by atoms with Crippen LogP contribution in [0, 0.1) is 0 Å². The van der Waals surface area contributed by atoms with E-state index in [0.717, 1.165) is 67.3 Å². The van der Waals surface area contributed by atoms with Crippen LogP contribution in [0.4, 0.5) is 4.79 Å². The summed E-state index contributed by atoms with van der Waals surface area (Å²) >= 11 is 0. The molecule has 0 aliphatic carbocycles. The normalized spacial score (nSPS) is 17.5. The second-order valence-corrected chi connectivity index (χ2v) is 10.7. The number of nitrogens with one attached hydrogen (secondary N) is 1. The predicted octanol–water partition coefficient (Wildman–Crippen LogP) is 5.48. The Morgan fingerprint density at radius 2 is 1.62 bits per heavy atom. The number of piperazine rings is 1. The number of unbranched alkanes of at least 4 members (excludes halogenated alkanes) is 4. The van der Waals surface area contributed by atoms with Gasteiger partial charge in [0.15, 0.2) is 0 Å². The Labute approximate surface area is 234 Å². The molecule has 0 aromatic heterocycles. The minimum atomic E-state index is -0.479. The lowest BCUT2D eigenvalue weighted by Gasteiger charge is -2.42. The average molecular weight is 535 g/mol. The van der Waals surface area contributed by atoms with Crippen LogP contribution in [0.3, 0.4) is 0 Å². The van der Waals surface area contributed by atoms with E-state index >= 15 is 0 Å². The number of amides is 4. The molecule has 0 bridgehead atoms. The highest BCUT2D eigenvalue weighted by molar-refractivity contribution is 5.96. The zero-order valence-electron chi connectivity index (χ0n) is 24.4. The van der Waals surface area contributed by atoms with Gasteiger partial charge in [0.25, 0.3) is 0 Å². The zero-order chi connectivity index (χ0) is 28.4. The van der Waals surface area contributed by atoms with Gasteiger partial charge in [0.05, 0.1) is 0 Å². The lowest BCUT2D eigenvalue weighted by atomic mass is 9.96. The first-order valence-corrected chi connectivity index (χ1v) is 14.5. The van der Waals surface area contributed by atoms with Crippen LogP contribution in [0.5, 0.6) is 0 Å². The Hall–Kier alpha value is -3.35. The van der Waals surface area contributed by atoms with E-state index in [-0.39, 0.29) is 17.8 Å². The van der Waals surface area contributed by atoms with E-state index < -0.39 is 12.1 Å². The van der Waals surface area contributed by atoms with Gasteiger partial charge in [-0.3, -0.25) is 9.59 Å². The van der Waals surface area contributed by atoms with Crippen molar-refractivity contribution in [2.24, 2.45) is 0 Å². The molecule has 4 amide bonds. The molecule has 39 heavy (non-hydrogen) atoms. The molecule has 2 aromatic rings. The third-order valence-electron chi connectivity index (χ3n) is 7.76. The van der Waals surface area contributed by atoms with Crippen LogP contribution in [-0.4, -0.2) is 71.8 Å². The van der Waals surface area contributed by atoms with Crippen LogP contribution in [0.25, 0.3) is 11.1 Å². The maximum Gasteiger partial charge on any atom is 0.317 e. The minimum absolute atomic E-state index is 0.00765. The summed E-state index contributed by atoms with van der Waals surface area (Å²) in [5.41, 5.74) is 4.27. The van der Waals surface area contributed by atoms with Crippen LogP contribution >= 0.6 is 0 Å². The molecule has 1 saturated heterocycles. The first-order valence-electron chi connectivity index (χ1n) is 14.5. The Bertz CT molecular complexity index is 1100. The monoisotopic (exact) mass is 534 g/mol. The average Bonchev–Trinajstić information content (AvgIpc) is 2.96. The molecule has 1 fully saturated rings. The molecule has 212 valence electrons. The van der Waals surface area contributed by atoms with Crippen LogP contribution in [0.15, 0.2) is 48.5 Å². The summed E-state index contributed by atoms with van der Waals surface area (Å²) in [6.45, 7) is 8.05. The molecule has 7 heteroatoms. The van der Waals surface area contributed by atoms with Gasteiger partial charge in [0, 0.05) is 40.2 Å². The summed E-state index contributed by atoms with van der Waals surface area (Å²) < 4.78 is 0. The first kappa shape index (κ1) is 30.2.